The summed E-state index contributed by atoms with van der Waals surface area (Å²) in [6, 6.07) is 9.96. The zero-order chi connectivity index (χ0) is 20.5. The van der Waals surface area contributed by atoms with Crippen molar-refractivity contribution in [1.29, 1.82) is 0 Å². The lowest BCUT2D eigenvalue weighted by atomic mass is 10.1. The van der Waals surface area contributed by atoms with Crippen LogP contribution in [0.4, 0.5) is 0 Å². The van der Waals surface area contributed by atoms with Crippen LogP contribution in [0.1, 0.15) is 39.2 Å². The molecule has 1 atom stereocenters. The van der Waals surface area contributed by atoms with Crippen molar-refractivity contribution in [3.63, 3.8) is 0 Å². The van der Waals surface area contributed by atoms with E-state index in [9.17, 15) is 9.59 Å². The van der Waals surface area contributed by atoms with E-state index in [1.165, 1.54) is 0 Å². The van der Waals surface area contributed by atoms with Gasteiger partial charge in [-0.2, -0.15) is 0 Å². The summed E-state index contributed by atoms with van der Waals surface area (Å²) in [5, 5.41) is 0. The molecule has 27 heavy (non-hydrogen) atoms. The van der Waals surface area contributed by atoms with Crippen molar-refractivity contribution in [2.45, 2.75) is 51.9 Å². The maximum atomic E-state index is 10.4. The Morgan fingerprint density at radius 1 is 1.22 bits per heavy atom. The van der Waals surface area contributed by atoms with Crippen LogP contribution in [-0.2, 0) is 25.7 Å². The lowest BCUT2D eigenvalue weighted by Crippen LogP contribution is -2.48. The van der Waals surface area contributed by atoms with Crippen molar-refractivity contribution in [2.75, 3.05) is 27.2 Å². The molecule has 1 aliphatic heterocycles. The molecule has 1 saturated heterocycles. The highest BCUT2D eigenvalue weighted by atomic mass is 16.5. The quantitative estimate of drug-likeness (QED) is 0.580. The van der Waals surface area contributed by atoms with Crippen LogP contribution in [0.3, 0.4) is 0 Å². The number of nitrogens with one attached hydrogen (secondary N) is 2. The number of nitrogens with zero attached hydrogens (tertiary/aromatic N) is 1. The predicted octanol–water partition coefficient (Wildman–Crippen LogP) is 2.12. The molecule has 7 heteroatoms. The molecule has 1 aromatic carbocycles. The fourth-order valence-corrected chi connectivity index (χ4v) is 2.13. The molecular weight excluding hydrogens is 346 g/mol. The monoisotopic (exact) mass is 381 g/mol. The van der Waals surface area contributed by atoms with Gasteiger partial charge in [0.15, 0.2) is 0 Å². The van der Waals surface area contributed by atoms with Crippen molar-refractivity contribution in [3.05, 3.63) is 35.9 Å². The van der Waals surface area contributed by atoms with E-state index >= 15 is 0 Å². The second-order valence-corrected chi connectivity index (χ2v) is 7.04. The number of piperidine rings is 1. The van der Waals surface area contributed by atoms with Gasteiger partial charge >= 0.3 is 0 Å². The van der Waals surface area contributed by atoms with Gasteiger partial charge in [-0.15, -0.1) is 0 Å². The molecule has 0 spiro atoms. The number of hydrogen-bond donors (Lipinski definition) is 2. The van der Waals surface area contributed by atoms with Crippen LogP contribution in [0.2, 0.25) is 0 Å². The van der Waals surface area contributed by atoms with Gasteiger partial charge in [0.1, 0.15) is 6.61 Å². The Kier molecular flexibility index (Phi) is 14.0. The van der Waals surface area contributed by atoms with E-state index in [0.29, 0.717) is 19.1 Å². The summed E-state index contributed by atoms with van der Waals surface area (Å²) in [5.74, 6) is 0. The van der Waals surface area contributed by atoms with Crippen molar-refractivity contribution >= 4 is 12.9 Å². The molecule has 0 bridgehead atoms. The lowest BCUT2D eigenvalue weighted by Gasteiger charge is -2.30. The number of carbonyl (C=O) groups is 2. The Morgan fingerprint density at radius 3 is 2.33 bits per heavy atom. The minimum atomic E-state index is 0.0417. The minimum absolute atomic E-state index is 0.0417. The molecule has 2 rings (SSSR count). The fourth-order valence-electron chi connectivity index (χ4n) is 2.13. The molecular formula is C20H35N3O4. The number of rotatable bonds is 6. The number of hydrazine groups is 1. The summed E-state index contributed by atoms with van der Waals surface area (Å²) in [4.78, 5) is 21.9. The molecule has 1 aliphatic rings. The first kappa shape index (κ1) is 25.0. The van der Waals surface area contributed by atoms with Crippen LogP contribution in [0.15, 0.2) is 30.3 Å². The topological polar surface area (TPSA) is 79.9 Å². The Morgan fingerprint density at radius 2 is 1.85 bits per heavy atom. The SMILES string of the molecule is CNNC1CCCN(C=O)C1.COC(C)(C)C.O=COCc1ccccc1. The van der Waals surface area contributed by atoms with Gasteiger partial charge in [-0.1, -0.05) is 30.3 Å². The lowest BCUT2D eigenvalue weighted by molar-refractivity contribution is -0.129. The summed E-state index contributed by atoms with van der Waals surface area (Å²) in [7, 11) is 3.56. The molecule has 0 aromatic heterocycles. The van der Waals surface area contributed by atoms with Gasteiger partial charge < -0.3 is 14.4 Å². The number of benzene rings is 1. The summed E-state index contributed by atoms with van der Waals surface area (Å²) >= 11 is 0. The predicted molar refractivity (Wildman–Crippen MR) is 107 cm³/mol. The van der Waals surface area contributed by atoms with Crippen LogP contribution in [0.5, 0.6) is 0 Å². The van der Waals surface area contributed by atoms with Gasteiger partial charge in [0.05, 0.1) is 5.60 Å². The first-order valence-corrected chi connectivity index (χ1v) is 9.12. The van der Waals surface area contributed by atoms with Crippen molar-refractivity contribution in [1.82, 2.24) is 15.8 Å². The standard InChI is InChI=1S/C8H8O2.C7H15N3O.C5H12O/c9-7-10-6-8-4-2-1-3-5-8;1-8-9-7-3-2-4-10(5-7)6-11;1-5(2,3)6-4/h1-5,7H,6H2;6-9H,2-5H2,1H3;1-4H3. The second kappa shape index (κ2) is 15.1. The highest BCUT2D eigenvalue weighted by molar-refractivity contribution is 5.47. The Balaban J connectivity index is 0.000000394. The van der Waals surface area contributed by atoms with Crippen LogP contribution < -0.4 is 10.9 Å². The zero-order valence-electron chi connectivity index (χ0n) is 17.2. The van der Waals surface area contributed by atoms with Crippen molar-refractivity contribution in [3.8, 4) is 0 Å². The molecule has 2 N–H and O–H groups in total. The molecule has 1 aromatic rings. The minimum Gasteiger partial charge on any atom is -0.463 e. The summed E-state index contributed by atoms with van der Waals surface area (Å²) < 4.78 is 9.48. The Hall–Kier alpha value is -1.96. The Bertz CT molecular complexity index is 490. The van der Waals surface area contributed by atoms with Gasteiger partial charge in [0.2, 0.25) is 6.41 Å². The van der Waals surface area contributed by atoms with Crippen LogP contribution in [0.25, 0.3) is 0 Å². The van der Waals surface area contributed by atoms with Gasteiger partial charge in [-0.3, -0.25) is 20.4 Å². The largest absolute Gasteiger partial charge is 0.463 e. The zero-order valence-corrected chi connectivity index (χ0v) is 17.2. The normalized spacial score (nSPS) is 16.2. The van der Waals surface area contributed by atoms with Gasteiger partial charge in [0.25, 0.3) is 6.47 Å². The summed E-state index contributed by atoms with van der Waals surface area (Å²) in [5.41, 5.74) is 7.04. The maximum Gasteiger partial charge on any atom is 0.293 e. The third-order valence-corrected chi connectivity index (χ3v) is 3.72. The second-order valence-electron chi connectivity index (χ2n) is 7.04. The number of hydrogen-bond acceptors (Lipinski definition) is 6. The average molecular weight is 382 g/mol. The van der Waals surface area contributed by atoms with E-state index in [-0.39, 0.29) is 5.60 Å². The van der Waals surface area contributed by atoms with Gasteiger partial charge in [-0.05, 0) is 46.2 Å². The molecule has 1 fully saturated rings. The van der Waals surface area contributed by atoms with Gasteiger partial charge in [-0.25, -0.2) is 0 Å². The summed E-state index contributed by atoms with van der Waals surface area (Å²) in [6.07, 6.45) is 3.16. The average Bonchev–Trinajstić information content (AvgIpc) is 2.68. The smallest absolute Gasteiger partial charge is 0.293 e. The van der Waals surface area contributed by atoms with Crippen molar-refractivity contribution < 1.29 is 19.1 Å². The number of amides is 1. The van der Waals surface area contributed by atoms with E-state index in [2.05, 4.69) is 15.6 Å². The molecule has 1 unspecified atom stereocenters. The first-order valence-electron chi connectivity index (χ1n) is 9.12. The highest BCUT2D eigenvalue weighted by Gasteiger charge is 2.16. The first-order chi connectivity index (χ1) is 12.9. The van der Waals surface area contributed by atoms with E-state index in [1.54, 1.807) is 12.0 Å². The molecule has 0 aliphatic carbocycles. The molecule has 1 heterocycles. The third kappa shape index (κ3) is 14.9. The molecule has 154 valence electrons. The molecule has 1 amide bonds. The number of carbonyl (C=O) groups excluding carboxylic acids is 2. The molecule has 7 nitrogen and oxygen atoms in total. The van der Waals surface area contributed by atoms with Gasteiger partial charge in [0, 0.05) is 26.2 Å². The van der Waals surface area contributed by atoms with Crippen LogP contribution in [-0.4, -0.2) is 56.7 Å². The fraction of sp³-hybridized carbons (Fsp3) is 0.600. The molecule has 0 saturated carbocycles. The van der Waals surface area contributed by atoms with Crippen LogP contribution >= 0.6 is 0 Å². The van der Waals surface area contributed by atoms with Crippen LogP contribution in [0, 0.1) is 0 Å². The van der Waals surface area contributed by atoms with E-state index in [1.807, 2.05) is 58.2 Å². The Labute approximate surface area is 163 Å². The van der Waals surface area contributed by atoms with Crippen molar-refractivity contribution in [2.24, 2.45) is 0 Å². The van der Waals surface area contributed by atoms with E-state index < -0.39 is 0 Å². The highest BCUT2D eigenvalue weighted by Crippen LogP contribution is 2.06. The molecule has 0 radical (unpaired) electrons. The maximum absolute atomic E-state index is 10.4. The number of ether oxygens (including phenoxy) is 2. The van der Waals surface area contributed by atoms with E-state index in [0.717, 1.165) is 37.9 Å². The number of methoxy groups -OCH3 is 1. The number of likely N-dealkylation sites (tertiary alicyclic amines) is 1. The third-order valence-electron chi connectivity index (χ3n) is 3.72. The summed E-state index contributed by atoms with van der Waals surface area (Å²) in [6.45, 7) is 8.61. The van der Waals surface area contributed by atoms with E-state index in [4.69, 9.17) is 4.74 Å².